The van der Waals surface area contributed by atoms with E-state index in [9.17, 15) is 4.79 Å². The van der Waals surface area contributed by atoms with Crippen LogP contribution in [0.5, 0.6) is 0 Å². The molecule has 0 fully saturated rings. The van der Waals surface area contributed by atoms with Gasteiger partial charge in [-0.15, -0.1) is 0 Å². The van der Waals surface area contributed by atoms with Crippen LogP contribution < -0.4 is 0 Å². The van der Waals surface area contributed by atoms with E-state index in [1.807, 2.05) is 26.8 Å². The summed E-state index contributed by atoms with van der Waals surface area (Å²) in [6.45, 7) is 8.51. The number of esters is 1. The van der Waals surface area contributed by atoms with Crippen LogP contribution in [0.1, 0.15) is 34.6 Å². The fraction of sp³-hybridized carbons (Fsp3) is 0.778. The lowest BCUT2D eigenvalue weighted by Gasteiger charge is -2.34. The summed E-state index contributed by atoms with van der Waals surface area (Å²) >= 11 is 0. The Bertz CT molecular complexity index is 222. The Kier molecular flexibility index (Phi) is 2.87. The van der Waals surface area contributed by atoms with Crippen molar-refractivity contribution in [2.75, 3.05) is 0 Å². The quantitative estimate of drug-likeness (QED) is 0.563. The topological polar surface area (TPSA) is 50.1 Å². The third-order valence-electron chi connectivity index (χ3n) is 1.99. The average Bonchev–Trinajstić information content (AvgIpc) is 1.83. The molecule has 0 aliphatic carbocycles. The number of hydrogen-bond donors (Lipinski definition) is 0. The minimum Gasteiger partial charge on any atom is -0.444 e. The maximum atomic E-state index is 10.7. The minimum absolute atomic E-state index is 0.368. The molecule has 0 radical (unpaired) electrons. The molecule has 0 heterocycles. The number of carbonyl (C=O) groups is 1. The molecule has 0 bridgehead atoms. The second-order valence-corrected chi connectivity index (χ2v) is 3.99. The van der Waals surface area contributed by atoms with Crippen LogP contribution in [-0.2, 0) is 9.53 Å². The minimum atomic E-state index is -1.04. The third-order valence-corrected chi connectivity index (χ3v) is 1.99. The Balaban J connectivity index is 4.72. The molecular weight excluding hydrogens is 154 g/mol. The predicted molar refractivity (Wildman–Crippen MR) is 45.2 cm³/mol. The van der Waals surface area contributed by atoms with E-state index in [-0.39, 0.29) is 5.41 Å². The van der Waals surface area contributed by atoms with Crippen LogP contribution in [-0.4, -0.2) is 11.6 Å². The molecule has 0 aromatic rings. The molecule has 0 aliphatic heterocycles. The van der Waals surface area contributed by atoms with Crippen molar-refractivity contribution in [1.29, 1.82) is 5.26 Å². The molecule has 1 atom stereocenters. The predicted octanol–water partition coefficient (Wildman–Crippen LogP) is 1.88. The van der Waals surface area contributed by atoms with Crippen molar-refractivity contribution in [3.05, 3.63) is 0 Å². The van der Waals surface area contributed by atoms with Crippen LogP contribution in [0, 0.1) is 16.7 Å². The van der Waals surface area contributed by atoms with E-state index in [0.717, 1.165) is 0 Å². The van der Waals surface area contributed by atoms with E-state index in [2.05, 4.69) is 0 Å². The number of nitriles is 1. The summed E-state index contributed by atoms with van der Waals surface area (Å²) in [6, 6.07) is 2.01. The van der Waals surface area contributed by atoms with E-state index in [0.29, 0.717) is 0 Å². The van der Waals surface area contributed by atoms with Gasteiger partial charge in [-0.1, -0.05) is 20.8 Å². The molecule has 0 rings (SSSR count). The summed E-state index contributed by atoms with van der Waals surface area (Å²) < 4.78 is 4.95. The van der Waals surface area contributed by atoms with Crippen molar-refractivity contribution in [3.63, 3.8) is 0 Å². The lowest BCUT2D eigenvalue weighted by molar-refractivity contribution is -0.158. The van der Waals surface area contributed by atoms with Crippen molar-refractivity contribution in [3.8, 4) is 6.07 Å². The van der Waals surface area contributed by atoms with Gasteiger partial charge in [-0.25, -0.2) is 0 Å². The summed E-state index contributed by atoms with van der Waals surface area (Å²) in [5.74, 6) is -0.422. The van der Waals surface area contributed by atoms with Gasteiger partial charge in [0.05, 0.1) is 0 Å². The molecule has 68 valence electrons. The van der Waals surface area contributed by atoms with Crippen LogP contribution in [0.15, 0.2) is 0 Å². The van der Waals surface area contributed by atoms with E-state index in [1.165, 1.54) is 6.92 Å². The summed E-state index contributed by atoms with van der Waals surface area (Å²) in [5, 5.41) is 8.84. The van der Waals surface area contributed by atoms with Crippen LogP contribution in [0.3, 0.4) is 0 Å². The van der Waals surface area contributed by atoms with Gasteiger partial charge in [0, 0.05) is 12.3 Å². The van der Waals surface area contributed by atoms with Gasteiger partial charge in [0.25, 0.3) is 0 Å². The normalized spacial score (nSPS) is 16.0. The molecule has 3 nitrogen and oxygen atoms in total. The van der Waals surface area contributed by atoms with Gasteiger partial charge in [0.2, 0.25) is 0 Å². The molecule has 3 heteroatoms. The van der Waals surface area contributed by atoms with E-state index >= 15 is 0 Å². The SMILES string of the molecule is CC(=O)O[C@](C)(C#N)C(C)(C)C. The fourth-order valence-corrected chi connectivity index (χ4v) is 0.631. The molecule has 0 aliphatic rings. The molecule has 12 heavy (non-hydrogen) atoms. The Labute approximate surface area is 73.3 Å². The standard InChI is InChI=1S/C9H15NO2/c1-7(11)12-9(5,6-10)8(2,3)4/h1-5H3/t9-/m1/s1. The average molecular weight is 169 g/mol. The van der Waals surface area contributed by atoms with Gasteiger partial charge in [-0.3, -0.25) is 4.79 Å². The highest BCUT2D eigenvalue weighted by atomic mass is 16.6. The summed E-state index contributed by atoms with van der Waals surface area (Å²) in [7, 11) is 0. The van der Waals surface area contributed by atoms with Crippen molar-refractivity contribution < 1.29 is 9.53 Å². The highest BCUT2D eigenvalue weighted by molar-refractivity contribution is 5.67. The second kappa shape index (κ2) is 3.14. The zero-order valence-electron chi connectivity index (χ0n) is 8.26. The van der Waals surface area contributed by atoms with Crippen LogP contribution in [0.25, 0.3) is 0 Å². The van der Waals surface area contributed by atoms with Crippen LogP contribution >= 0.6 is 0 Å². The van der Waals surface area contributed by atoms with Crippen molar-refractivity contribution >= 4 is 5.97 Å². The van der Waals surface area contributed by atoms with E-state index in [1.54, 1.807) is 6.92 Å². The monoisotopic (exact) mass is 169 g/mol. The molecule has 0 saturated carbocycles. The first-order valence-electron chi connectivity index (χ1n) is 3.84. The van der Waals surface area contributed by atoms with E-state index < -0.39 is 11.6 Å². The molecule has 0 aromatic carbocycles. The molecule has 0 spiro atoms. The van der Waals surface area contributed by atoms with Crippen molar-refractivity contribution in [2.45, 2.75) is 40.2 Å². The smallest absolute Gasteiger partial charge is 0.304 e. The number of nitrogens with zero attached hydrogens (tertiary/aromatic N) is 1. The van der Waals surface area contributed by atoms with E-state index in [4.69, 9.17) is 10.00 Å². The summed E-state index contributed by atoms with van der Waals surface area (Å²) in [5.41, 5.74) is -1.41. The summed E-state index contributed by atoms with van der Waals surface area (Å²) in [6.07, 6.45) is 0. The molecule has 0 N–H and O–H groups in total. The summed E-state index contributed by atoms with van der Waals surface area (Å²) in [4.78, 5) is 10.7. The number of rotatable bonds is 1. The molecule has 0 saturated heterocycles. The highest BCUT2D eigenvalue weighted by Crippen LogP contribution is 2.32. The highest BCUT2D eigenvalue weighted by Gasteiger charge is 2.40. The van der Waals surface area contributed by atoms with Gasteiger partial charge in [0.1, 0.15) is 6.07 Å². The molecule has 0 unspecified atom stereocenters. The lowest BCUT2D eigenvalue weighted by Crippen LogP contribution is -2.42. The Morgan fingerprint density at radius 1 is 1.33 bits per heavy atom. The Hall–Kier alpha value is -1.04. The maximum absolute atomic E-state index is 10.7. The van der Waals surface area contributed by atoms with Gasteiger partial charge in [-0.2, -0.15) is 5.26 Å². The van der Waals surface area contributed by atoms with Gasteiger partial charge >= 0.3 is 5.97 Å². The number of hydrogen-bond acceptors (Lipinski definition) is 3. The van der Waals surface area contributed by atoms with Crippen molar-refractivity contribution in [1.82, 2.24) is 0 Å². The first kappa shape index (κ1) is 11.0. The second-order valence-electron chi connectivity index (χ2n) is 3.99. The lowest BCUT2D eigenvalue weighted by atomic mass is 9.78. The Morgan fingerprint density at radius 2 is 1.75 bits per heavy atom. The first-order chi connectivity index (χ1) is 5.23. The zero-order valence-corrected chi connectivity index (χ0v) is 8.26. The van der Waals surface area contributed by atoms with Crippen LogP contribution in [0.4, 0.5) is 0 Å². The number of carbonyl (C=O) groups excluding carboxylic acids is 1. The molecular formula is C9H15NO2. The third kappa shape index (κ3) is 2.23. The largest absolute Gasteiger partial charge is 0.444 e. The van der Waals surface area contributed by atoms with Crippen LogP contribution in [0.2, 0.25) is 0 Å². The number of ether oxygens (including phenoxy) is 1. The van der Waals surface area contributed by atoms with Gasteiger partial charge < -0.3 is 4.74 Å². The fourth-order valence-electron chi connectivity index (χ4n) is 0.631. The van der Waals surface area contributed by atoms with Gasteiger partial charge in [-0.05, 0) is 6.92 Å². The molecule has 0 aromatic heterocycles. The van der Waals surface area contributed by atoms with Gasteiger partial charge in [0.15, 0.2) is 5.60 Å². The van der Waals surface area contributed by atoms with Crippen molar-refractivity contribution in [2.24, 2.45) is 5.41 Å². The molecule has 0 amide bonds. The zero-order chi connectivity index (χ0) is 9.99. The maximum Gasteiger partial charge on any atom is 0.304 e. The first-order valence-corrected chi connectivity index (χ1v) is 3.84. The Morgan fingerprint density at radius 3 is 1.83 bits per heavy atom.